The first kappa shape index (κ1) is 12.4. The van der Waals surface area contributed by atoms with Crippen molar-refractivity contribution in [1.82, 2.24) is 0 Å². The lowest BCUT2D eigenvalue weighted by Crippen LogP contribution is -2.18. The van der Waals surface area contributed by atoms with E-state index in [4.69, 9.17) is 0 Å². The van der Waals surface area contributed by atoms with E-state index >= 15 is 0 Å². The average Bonchev–Trinajstić information content (AvgIpc) is 2.29. The Balaban J connectivity index is 2.49. The molecular weight excluding hydrogens is 218 g/mol. The van der Waals surface area contributed by atoms with Crippen molar-refractivity contribution in [2.24, 2.45) is 0 Å². The maximum absolute atomic E-state index is 12.3. The van der Waals surface area contributed by atoms with E-state index in [2.05, 4.69) is 9.47 Å². The van der Waals surface area contributed by atoms with Gasteiger partial charge in [0.15, 0.2) is 6.67 Å². The predicted molar refractivity (Wildman–Crippen MR) is 53.8 cm³/mol. The van der Waals surface area contributed by atoms with Crippen molar-refractivity contribution in [1.29, 1.82) is 0 Å². The van der Waals surface area contributed by atoms with Crippen LogP contribution in [0.2, 0.25) is 0 Å². The lowest BCUT2D eigenvalue weighted by atomic mass is 10.2. The fraction of sp³-hybridized carbons (Fsp3) is 0.364. The zero-order chi connectivity index (χ0) is 12.0. The van der Waals surface area contributed by atoms with Gasteiger partial charge >= 0.3 is 6.16 Å². The number of ether oxygens (including phenoxy) is 2. The highest BCUT2D eigenvalue weighted by atomic mass is 19.2. The number of carbonyl (C=O) groups is 1. The van der Waals surface area contributed by atoms with Gasteiger partial charge < -0.3 is 9.47 Å². The molecule has 0 aliphatic heterocycles. The Labute approximate surface area is 92.0 Å². The van der Waals surface area contributed by atoms with Gasteiger partial charge in [-0.1, -0.05) is 19.1 Å². The van der Waals surface area contributed by atoms with E-state index in [0.29, 0.717) is 0 Å². The molecule has 0 aliphatic rings. The SMILES string of the molecule is CCc1ccc(OC(=O)OC(F)CF)cc1. The molecule has 0 saturated heterocycles. The quantitative estimate of drug-likeness (QED) is 0.589. The molecule has 0 amide bonds. The van der Waals surface area contributed by atoms with Crippen LogP contribution in [0.1, 0.15) is 12.5 Å². The molecule has 3 nitrogen and oxygen atoms in total. The molecule has 0 spiro atoms. The highest BCUT2D eigenvalue weighted by Crippen LogP contribution is 2.13. The van der Waals surface area contributed by atoms with Crippen LogP contribution in [0.5, 0.6) is 5.75 Å². The van der Waals surface area contributed by atoms with Gasteiger partial charge in [-0.25, -0.2) is 9.18 Å². The van der Waals surface area contributed by atoms with Crippen molar-refractivity contribution < 1.29 is 23.0 Å². The fourth-order valence-electron chi connectivity index (χ4n) is 1.05. The van der Waals surface area contributed by atoms with Crippen LogP contribution < -0.4 is 4.74 Å². The second-order valence-corrected chi connectivity index (χ2v) is 3.03. The number of benzene rings is 1. The fourth-order valence-corrected chi connectivity index (χ4v) is 1.05. The first-order valence-electron chi connectivity index (χ1n) is 4.83. The third-order valence-corrected chi connectivity index (χ3v) is 1.88. The minimum absolute atomic E-state index is 0.230. The monoisotopic (exact) mass is 230 g/mol. The molecule has 1 aromatic rings. The number of carbonyl (C=O) groups excluding carboxylic acids is 1. The normalized spacial score (nSPS) is 11.9. The van der Waals surface area contributed by atoms with E-state index < -0.39 is 19.2 Å². The standard InChI is InChI=1S/C11H12F2O3/c1-2-8-3-5-9(6-4-8)15-11(14)16-10(13)7-12/h3-6,10H,2,7H2,1H3. The van der Waals surface area contributed by atoms with Crippen LogP contribution in [0, 0.1) is 0 Å². The molecule has 1 atom stereocenters. The number of rotatable bonds is 4. The zero-order valence-electron chi connectivity index (χ0n) is 8.78. The van der Waals surface area contributed by atoms with E-state index in [-0.39, 0.29) is 5.75 Å². The third-order valence-electron chi connectivity index (χ3n) is 1.88. The highest BCUT2D eigenvalue weighted by Gasteiger charge is 2.14. The van der Waals surface area contributed by atoms with E-state index in [9.17, 15) is 13.6 Å². The summed E-state index contributed by atoms with van der Waals surface area (Å²) < 4.78 is 32.6. The van der Waals surface area contributed by atoms with Gasteiger partial charge in [-0.3, -0.25) is 0 Å². The summed E-state index contributed by atoms with van der Waals surface area (Å²) in [5.41, 5.74) is 1.08. The predicted octanol–water partition coefficient (Wildman–Crippen LogP) is 3.03. The third kappa shape index (κ3) is 3.84. The molecule has 0 saturated carbocycles. The molecule has 0 aromatic heterocycles. The molecular formula is C11H12F2O3. The number of halogens is 2. The first-order chi connectivity index (χ1) is 7.65. The van der Waals surface area contributed by atoms with Gasteiger partial charge in [-0.05, 0) is 24.1 Å². The van der Waals surface area contributed by atoms with Gasteiger partial charge in [0, 0.05) is 0 Å². The van der Waals surface area contributed by atoms with Gasteiger partial charge in [-0.2, -0.15) is 4.39 Å². The largest absolute Gasteiger partial charge is 0.516 e. The van der Waals surface area contributed by atoms with Crippen LogP contribution in [0.25, 0.3) is 0 Å². The Bertz CT molecular complexity index is 338. The van der Waals surface area contributed by atoms with Crippen molar-refractivity contribution in [3.63, 3.8) is 0 Å². The lowest BCUT2D eigenvalue weighted by Gasteiger charge is -2.07. The smallest absolute Gasteiger partial charge is 0.396 e. The minimum atomic E-state index is -2.28. The topological polar surface area (TPSA) is 35.5 Å². The Morgan fingerprint density at radius 1 is 1.38 bits per heavy atom. The Morgan fingerprint density at radius 3 is 2.50 bits per heavy atom. The van der Waals surface area contributed by atoms with Gasteiger partial charge in [0.25, 0.3) is 6.36 Å². The zero-order valence-corrected chi connectivity index (χ0v) is 8.78. The van der Waals surface area contributed by atoms with Crippen molar-refractivity contribution in [3.05, 3.63) is 29.8 Å². The maximum Gasteiger partial charge on any atom is 0.516 e. The van der Waals surface area contributed by atoms with Crippen LogP contribution in [0.3, 0.4) is 0 Å². The molecule has 0 aliphatic carbocycles. The van der Waals surface area contributed by atoms with Crippen molar-refractivity contribution in [3.8, 4) is 5.75 Å². The Hall–Kier alpha value is -1.65. The second-order valence-electron chi connectivity index (χ2n) is 3.03. The molecule has 1 rings (SSSR count). The number of alkyl halides is 2. The summed E-state index contributed by atoms with van der Waals surface area (Å²) in [7, 11) is 0. The molecule has 0 N–H and O–H groups in total. The maximum atomic E-state index is 12.3. The average molecular weight is 230 g/mol. The second kappa shape index (κ2) is 6.05. The van der Waals surface area contributed by atoms with Crippen LogP contribution in [-0.2, 0) is 11.2 Å². The van der Waals surface area contributed by atoms with Crippen LogP contribution in [-0.4, -0.2) is 19.2 Å². The van der Waals surface area contributed by atoms with Gasteiger partial charge in [0.1, 0.15) is 5.75 Å². The summed E-state index contributed by atoms with van der Waals surface area (Å²) >= 11 is 0. The minimum Gasteiger partial charge on any atom is -0.396 e. The van der Waals surface area contributed by atoms with E-state index in [1.165, 1.54) is 0 Å². The molecule has 88 valence electrons. The molecule has 0 bridgehead atoms. The Kier molecular flexibility index (Phi) is 4.69. The number of hydrogen-bond donors (Lipinski definition) is 0. The highest BCUT2D eigenvalue weighted by molar-refractivity contribution is 5.63. The lowest BCUT2D eigenvalue weighted by molar-refractivity contribution is -0.0231. The van der Waals surface area contributed by atoms with Crippen molar-refractivity contribution in [2.75, 3.05) is 6.67 Å². The van der Waals surface area contributed by atoms with Crippen LogP contribution in [0.4, 0.5) is 13.6 Å². The summed E-state index contributed by atoms with van der Waals surface area (Å²) in [4.78, 5) is 10.9. The first-order valence-corrected chi connectivity index (χ1v) is 4.83. The molecule has 0 fully saturated rings. The summed E-state index contributed by atoms with van der Waals surface area (Å²) in [6, 6.07) is 6.65. The number of aryl methyl sites for hydroxylation is 1. The van der Waals surface area contributed by atoms with E-state index in [0.717, 1.165) is 12.0 Å². The van der Waals surface area contributed by atoms with E-state index in [1.54, 1.807) is 24.3 Å². The molecule has 5 heteroatoms. The Morgan fingerprint density at radius 2 is 2.00 bits per heavy atom. The molecule has 1 unspecified atom stereocenters. The number of hydrogen-bond acceptors (Lipinski definition) is 3. The summed E-state index contributed by atoms with van der Waals surface area (Å²) in [5.74, 6) is 0.230. The van der Waals surface area contributed by atoms with Gasteiger partial charge in [0.2, 0.25) is 0 Å². The van der Waals surface area contributed by atoms with Crippen molar-refractivity contribution in [2.45, 2.75) is 19.7 Å². The molecule has 0 heterocycles. The molecule has 1 aromatic carbocycles. The summed E-state index contributed by atoms with van der Waals surface area (Å²) in [6.07, 6.45) is -2.67. The summed E-state index contributed by atoms with van der Waals surface area (Å²) in [6.45, 7) is 0.600. The molecule has 0 radical (unpaired) electrons. The van der Waals surface area contributed by atoms with Gasteiger partial charge in [0.05, 0.1) is 0 Å². The summed E-state index contributed by atoms with van der Waals surface area (Å²) in [5, 5.41) is 0. The van der Waals surface area contributed by atoms with E-state index in [1.807, 2.05) is 6.92 Å². The molecule has 16 heavy (non-hydrogen) atoms. The van der Waals surface area contributed by atoms with Crippen LogP contribution >= 0.6 is 0 Å². The van der Waals surface area contributed by atoms with Crippen molar-refractivity contribution >= 4 is 6.16 Å². The van der Waals surface area contributed by atoms with Gasteiger partial charge in [-0.15, -0.1) is 0 Å². The van der Waals surface area contributed by atoms with Crippen LogP contribution in [0.15, 0.2) is 24.3 Å².